The van der Waals surface area contributed by atoms with Gasteiger partial charge in [0, 0.05) is 25.0 Å². The summed E-state index contributed by atoms with van der Waals surface area (Å²) in [6.45, 7) is 4.21. The largest absolute Gasteiger partial charge is 0.377 e. The van der Waals surface area contributed by atoms with Crippen molar-refractivity contribution in [2.75, 3.05) is 18.5 Å². The van der Waals surface area contributed by atoms with Crippen molar-refractivity contribution >= 4 is 21.8 Å². The third kappa shape index (κ3) is 3.83. The van der Waals surface area contributed by atoms with E-state index in [1.54, 1.807) is 0 Å². The molecule has 0 bridgehead atoms. The summed E-state index contributed by atoms with van der Waals surface area (Å²) >= 11 is 3.45. The molecule has 0 spiro atoms. The van der Waals surface area contributed by atoms with Crippen LogP contribution in [0.25, 0.3) is 0 Å². The predicted octanol–water partition coefficient (Wildman–Crippen LogP) is 3.23. The highest BCUT2D eigenvalue weighted by molar-refractivity contribution is 9.09. The van der Waals surface area contributed by atoms with Crippen molar-refractivity contribution in [3.05, 3.63) is 35.9 Å². The van der Waals surface area contributed by atoms with E-state index in [1.165, 1.54) is 5.56 Å². The molecule has 1 amide bonds. The quantitative estimate of drug-likeness (QED) is 0.744. The molecule has 1 aliphatic heterocycles. The van der Waals surface area contributed by atoms with Gasteiger partial charge in [0.05, 0.1) is 12.0 Å². The average molecular weight is 340 g/mol. The lowest BCUT2D eigenvalue weighted by molar-refractivity contribution is -0.137. The molecule has 1 heterocycles. The molecule has 2 unspecified atom stereocenters. The molecule has 3 nitrogen and oxygen atoms in total. The third-order valence-electron chi connectivity index (χ3n) is 3.81. The minimum atomic E-state index is 0.0303. The molecule has 2 atom stereocenters. The number of halogens is 1. The van der Waals surface area contributed by atoms with Crippen LogP contribution in [0.2, 0.25) is 0 Å². The number of nitrogens with zero attached hydrogens (tertiary/aromatic N) is 1. The highest BCUT2D eigenvalue weighted by atomic mass is 79.9. The number of alkyl halides is 1. The molecule has 4 heteroatoms. The highest BCUT2D eigenvalue weighted by Gasteiger charge is 2.35. The van der Waals surface area contributed by atoms with Gasteiger partial charge in [0.1, 0.15) is 0 Å². The zero-order valence-electron chi connectivity index (χ0n) is 11.9. The number of carbonyl (C=O) groups is 1. The van der Waals surface area contributed by atoms with Crippen molar-refractivity contribution in [1.82, 2.24) is 4.90 Å². The summed E-state index contributed by atoms with van der Waals surface area (Å²) in [5, 5.41) is 0.802. The van der Waals surface area contributed by atoms with E-state index < -0.39 is 0 Å². The molecule has 2 rings (SSSR count). The SMILES string of the molecule is CCC1OCCC1C(=O)N(CCBr)Cc1ccccc1. The molecule has 0 N–H and O–H groups in total. The molecule has 20 heavy (non-hydrogen) atoms. The first kappa shape index (κ1) is 15.5. The van der Waals surface area contributed by atoms with Gasteiger partial charge in [-0.1, -0.05) is 53.2 Å². The molecule has 0 aromatic heterocycles. The van der Waals surface area contributed by atoms with Gasteiger partial charge in [-0.15, -0.1) is 0 Å². The standard InChI is InChI=1S/C16H22BrNO2/c1-2-15-14(8-11-20-15)16(19)18(10-9-17)12-13-6-4-3-5-7-13/h3-7,14-15H,2,8-12H2,1H3. The fraction of sp³-hybridized carbons (Fsp3) is 0.562. The molecule has 1 saturated heterocycles. The van der Waals surface area contributed by atoms with Gasteiger partial charge in [-0.05, 0) is 18.4 Å². The van der Waals surface area contributed by atoms with E-state index in [2.05, 4.69) is 35.0 Å². The Balaban J connectivity index is 2.05. The summed E-state index contributed by atoms with van der Waals surface area (Å²) in [6.07, 6.45) is 1.85. The van der Waals surface area contributed by atoms with E-state index in [0.29, 0.717) is 13.2 Å². The van der Waals surface area contributed by atoms with E-state index in [-0.39, 0.29) is 17.9 Å². The Morgan fingerprint density at radius 1 is 1.40 bits per heavy atom. The predicted molar refractivity (Wildman–Crippen MR) is 83.8 cm³/mol. The Kier molecular flexibility index (Phi) is 6.05. The summed E-state index contributed by atoms with van der Waals surface area (Å²) in [4.78, 5) is 14.7. The van der Waals surface area contributed by atoms with E-state index in [4.69, 9.17) is 4.74 Å². The molecule has 110 valence electrons. The summed E-state index contributed by atoms with van der Waals surface area (Å²) in [7, 11) is 0. The van der Waals surface area contributed by atoms with Crippen LogP contribution < -0.4 is 0 Å². The summed E-state index contributed by atoms with van der Waals surface area (Å²) in [5.41, 5.74) is 1.17. The maximum atomic E-state index is 12.7. The van der Waals surface area contributed by atoms with Crippen molar-refractivity contribution in [2.24, 2.45) is 5.92 Å². The van der Waals surface area contributed by atoms with Crippen LogP contribution in [-0.2, 0) is 16.1 Å². The maximum Gasteiger partial charge on any atom is 0.228 e. The van der Waals surface area contributed by atoms with Crippen molar-refractivity contribution in [3.63, 3.8) is 0 Å². The number of benzene rings is 1. The maximum absolute atomic E-state index is 12.7. The highest BCUT2D eigenvalue weighted by Crippen LogP contribution is 2.26. The molecule has 1 fully saturated rings. The molecular weight excluding hydrogens is 318 g/mol. The van der Waals surface area contributed by atoms with E-state index >= 15 is 0 Å². The minimum absolute atomic E-state index is 0.0303. The van der Waals surface area contributed by atoms with Gasteiger partial charge < -0.3 is 9.64 Å². The molecule has 0 aliphatic carbocycles. The zero-order chi connectivity index (χ0) is 14.4. The summed E-state index contributed by atoms with van der Waals surface area (Å²) < 4.78 is 5.66. The molecule has 0 radical (unpaired) electrons. The smallest absolute Gasteiger partial charge is 0.228 e. The van der Waals surface area contributed by atoms with Crippen LogP contribution in [0.1, 0.15) is 25.3 Å². The molecular formula is C16H22BrNO2. The van der Waals surface area contributed by atoms with Gasteiger partial charge in [-0.25, -0.2) is 0 Å². The fourth-order valence-electron chi connectivity index (χ4n) is 2.74. The second-order valence-corrected chi connectivity index (χ2v) is 5.94. The van der Waals surface area contributed by atoms with Gasteiger partial charge in [0.15, 0.2) is 0 Å². The van der Waals surface area contributed by atoms with Gasteiger partial charge in [0.2, 0.25) is 5.91 Å². The number of hydrogen-bond donors (Lipinski definition) is 0. The number of ether oxygens (including phenoxy) is 1. The Labute approximate surface area is 129 Å². The Morgan fingerprint density at radius 3 is 2.80 bits per heavy atom. The van der Waals surface area contributed by atoms with Crippen LogP contribution in [0, 0.1) is 5.92 Å². The fourth-order valence-corrected chi connectivity index (χ4v) is 3.17. The third-order valence-corrected chi connectivity index (χ3v) is 4.17. The van der Waals surface area contributed by atoms with Gasteiger partial charge in [-0.2, -0.15) is 0 Å². The Hall–Kier alpha value is -0.870. The first-order valence-electron chi connectivity index (χ1n) is 7.26. The van der Waals surface area contributed by atoms with E-state index in [0.717, 1.165) is 24.7 Å². The van der Waals surface area contributed by atoms with Crippen LogP contribution in [0.15, 0.2) is 30.3 Å². The van der Waals surface area contributed by atoms with Crippen LogP contribution >= 0.6 is 15.9 Å². The lowest BCUT2D eigenvalue weighted by atomic mass is 9.97. The lowest BCUT2D eigenvalue weighted by Crippen LogP contribution is -2.39. The van der Waals surface area contributed by atoms with Crippen LogP contribution in [0.5, 0.6) is 0 Å². The van der Waals surface area contributed by atoms with Crippen LogP contribution in [0.3, 0.4) is 0 Å². The van der Waals surface area contributed by atoms with Gasteiger partial charge in [0.25, 0.3) is 0 Å². The zero-order valence-corrected chi connectivity index (χ0v) is 13.5. The second kappa shape index (κ2) is 7.79. The first-order chi connectivity index (χ1) is 9.76. The normalized spacial score (nSPS) is 21.9. The van der Waals surface area contributed by atoms with Crippen LogP contribution in [-0.4, -0.2) is 35.4 Å². The molecule has 1 aromatic carbocycles. The van der Waals surface area contributed by atoms with Gasteiger partial charge in [-0.3, -0.25) is 4.79 Å². The van der Waals surface area contributed by atoms with Crippen molar-refractivity contribution in [3.8, 4) is 0 Å². The number of carbonyl (C=O) groups excluding carboxylic acids is 1. The topological polar surface area (TPSA) is 29.5 Å². The second-order valence-electron chi connectivity index (χ2n) is 5.15. The van der Waals surface area contributed by atoms with Crippen LogP contribution in [0.4, 0.5) is 0 Å². The van der Waals surface area contributed by atoms with E-state index in [9.17, 15) is 4.79 Å². The molecule has 1 aliphatic rings. The Morgan fingerprint density at radius 2 is 2.15 bits per heavy atom. The average Bonchev–Trinajstić information content (AvgIpc) is 2.95. The van der Waals surface area contributed by atoms with Crippen molar-refractivity contribution in [2.45, 2.75) is 32.4 Å². The van der Waals surface area contributed by atoms with Crippen molar-refractivity contribution < 1.29 is 9.53 Å². The first-order valence-corrected chi connectivity index (χ1v) is 8.38. The monoisotopic (exact) mass is 339 g/mol. The summed E-state index contributed by atoms with van der Waals surface area (Å²) in [6, 6.07) is 10.2. The summed E-state index contributed by atoms with van der Waals surface area (Å²) in [5.74, 6) is 0.264. The van der Waals surface area contributed by atoms with E-state index in [1.807, 2.05) is 23.1 Å². The molecule has 0 saturated carbocycles. The Bertz CT molecular complexity index is 424. The minimum Gasteiger partial charge on any atom is -0.377 e. The van der Waals surface area contributed by atoms with Gasteiger partial charge >= 0.3 is 0 Å². The number of hydrogen-bond acceptors (Lipinski definition) is 2. The van der Waals surface area contributed by atoms with Crippen molar-refractivity contribution in [1.29, 1.82) is 0 Å². The number of amides is 1. The number of rotatable bonds is 6. The molecule has 1 aromatic rings. The lowest BCUT2D eigenvalue weighted by Gasteiger charge is -2.27.